The van der Waals surface area contributed by atoms with Gasteiger partial charge in [0.2, 0.25) is 11.8 Å². The van der Waals surface area contributed by atoms with Crippen molar-refractivity contribution in [2.45, 2.75) is 51.8 Å². The summed E-state index contributed by atoms with van der Waals surface area (Å²) >= 11 is 0. The van der Waals surface area contributed by atoms with Gasteiger partial charge in [0.25, 0.3) is 0 Å². The summed E-state index contributed by atoms with van der Waals surface area (Å²) < 4.78 is 5.78. The van der Waals surface area contributed by atoms with Gasteiger partial charge in [0.1, 0.15) is 0 Å². The Hall–Kier alpha value is -2.66. The minimum absolute atomic E-state index is 0.0173. The lowest BCUT2D eigenvalue weighted by Gasteiger charge is -2.28. The van der Waals surface area contributed by atoms with E-state index in [9.17, 15) is 9.59 Å². The zero-order valence-corrected chi connectivity index (χ0v) is 17.3. The molecule has 0 aromatic heterocycles. The van der Waals surface area contributed by atoms with Gasteiger partial charge in [0, 0.05) is 26.6 Å². The first-order valence-electron chi connectivity index (χ1n) is 10.3. The molecule has 1 fully saturated rings. The van der Waals surface area contributed by atoms with Crippen LogP contribution in [0, 0.1) is 6.92 Å². The van der Waals surface area contributed by atoms with Gasteiger partial charge in [-0.2, -0.15) is 0 Å². The SMILES string of the molecule is CC(=O)NC(CC(=O)N(Cc1ccccc1)CC1CCCO1)c1ccc(C)cc1. The number of nitrogens with zero attached hydrogens (tertiary/aromatic N) is 1. The number of ether oxygens (including phenoxy) is 1. The van der Waals surface area contributed by atoms with Crippen LogP contribution in [0.5, 0.6) is 0 Å². The fourth-order valence-electron chi connectivity index (χ4n) is 3.69. The van der Waals surface area contributed by atoms with Crippen molar-refractivity contribution in [2.24, 2.45) is 0 Å². The van der Waals surface area contributed by atoms with Crippen LogP contribution in [0.2, 0.25) is 0 Å². The minimum atomic E-state index is -0.344. The fourth-order valence-corrected chi connectivity index (χ4v) is 3.69. The predicted octanol–water partition coefficient (Wildman–Crippen LogP) is 3.77. The second kappa shape index (κ2) is 10.2. The van der Waals surface area contributed by atoms with E-state index in [0.717, 1.165) is 36.1 Å². The van der Waals surface area contributed by atoms with Crippen molar-refractivity contribution in [3.8, 4) is 0 Å². The van der Waals surface area contributed by atoms with Crippen molar-refractivity contribution in [2.75, 3.05) is 13.2 Å². The van der Waals surface area contributed by atoms with Crippen molar-refractivity contribution in [1.29, 1.82) is 0 Å². The molecule has 29 heavy (non-hydrogen) atoms. The quantitative estimate of drug-likeness (QED) is 0.741. The zero-order chi connectivity index (χ0) is 20.6. The van der Waals surface area contributed by atoms with Gasteiger partial charge in [-0.25, -0.2) is 0 Å². The Kier molecular flexibility index (Phi) is 7.42. The topological polar surface area (TPSA) is 58.6 Å². The Balaban J connectivity index is 1.76. The van der Waals surface area contributed by atoms with Crippen molar-refractivity contribution >= 4 is 11.8 Å². The first kappa shape index (κ1) is 21.1. The third-order valence-electron chi connectivity index (χ3n) is 5.25. The van der Waals surface area contributed by atoms with E-state index in [1.54, 1.807) is 0 Å². The molecule has 2 amide bonds. The van der Waals surface area contributed by atoms with Crippen molar-refractivity contribution < 1.29 is 14.3 Å². The van der Waals surface area contributed by atoms with Crippen LogP contribution in [0.25, 0.3) is 0 Å². The summed E-state index contributed by atoms with van der Waals surface area (Å²) in [5.41, 5.74) is 3.17. The molecule has 2 aromatic carbocycles. The zero-order valence-electron chi connectivity index (χ0n) is 17.3. The molecule has 2 aromatic rings. The van der Waals surface area contributed by atoms with Gasteiger partial charge in [0.05, 0.1) is 18.6 Å². The van der Waals surface area contributed by atoms with E-state index in [0.29, 0.717) is 13.1 Å². The molecule has 0 bridgehead atoms. The van der Waals surface area contributed by atoms with Crippen LogP contribution in [0.15, 0.2) is 54.6 Å². The largest absolute Gasteiger partial charge is 0.376 e. The maximum atomic E-state index is 13.3. The molecule has 3 rings (SSSR count). The normalized spacial score (nSPS) is 17.0. The molecule has 2 atom stereocenters. The Morgan fingerprint density at radius 3 is 2.48 bits per heavy atom. The first-order valence-corrected chi connectivity index (χ1v) is 10.3. The van der Waals surface area contributed by atoms with Gasteiger partial charge in [-0.1, -0.05) is 60.2 Å². The van der Waals surface area contributed by atoms with Gasteiger partial charge in [-0.05, 0) is 30.9 Å². The number of carbonyl (C=O) groups excluding carboxylic acids is 2. The van der Waals surface area contributed by atoms with Crippen LogP contribution in [-0.4, -0.2) is 36.0 Å². The highest BCUT2D eigenvalue weighted by molar-refractivity contribution is 5.79. The Morgan fingerprint density at radius 2 is 1.86 bits per heavy atom. The summed E-state index contributed by atoms with van der Waals surface area (Å²) in [6.45, 7) is 5.38. The molecule has 2 unspecified atom stereocenters. The van der Waals surface area contributed by atoms with Crippen LogP contribution >= 0.6 is 0 Å². The molecule has 1 N–H and O–H groups in total. The number of carbonyl (C=O) groups is 2. The van der Waals surface area contributed by atoms with Crippen molar-refractivity contribution in [3.63, 3.8) is 0 Å². The number of amides is 2. The molecule has 0 saturated carbocycles. The number of nitrogens with one attached hydrogen (secondary N) is 1. The summed E-state index contributed by atoms with van der Waals surface area (Å²) in [7, 11) is 0. The number of rotatable bonds is 8. The highest BCUT2D eigenvalue weighted by Crippen LogP contribution is 2.21. The average molecular weight is 395 g/mol. The Morgan fingerprint density at radius 1 is 1.14 bits per heavy atom. The van der Waals surface area contributed by atoms with E-state index in [1.165, 1.54) is 6.92 Å². The summed E-state index contributed by atoms with van der Waals surface area (Å²) in [6.07, 6.45) is 2.32. The molecule has 5 nitrogen and oxygen atoms in total. The Labute approximate surface area is 173 Å². The molecule has 1 aliphatic rings. The van der Waals surface area contributed by atoms with Gasteiger partial charge >= 0.3 is 0 Å². The molecular formula is C24H30N2O3. The summed E-state index contributed by atoms with van der Waals surface area (Å²) in [4.78, 5) is 26.9. The van der Waals surface area contributed by atoms with Gasteiger partial charge < -0.3 is 15.0 Å². The van der Waals surface area contributed by atoms with Crippen molar-refractivity contribution in [3.05, 3.63) is 71.3 Å². The summed E-state index contributed by atoms with van der Waals surface area (Å²) in [5.74, 6) is -0.124. The van der Waals surface area contributed by atoms with E-state index in [-0.39, 0.29) is 30.4 Å². The number of benzene rings is 2. The van der Waals surface area contributed by atoms with E-state index >= 15 is 0 Å². The highest BCUT2D eigenvalue weighted by atomic mass is 16.5. The van der Waals surface area contributed by atoms with E-state index < -0.39 is 0 Å². The van der Waals surface area contributed by atoms with Crippen LogP contribution in [0.3, 0.4) is 0 Å². The molecule has 0 spiro atoms. The first-order chi connectivity index (χ1) is 14.0. The van der Waals surface area contributed by atoms with Crippen LogP contribution in [-0.2, 0) is 20.9 Å². The minimum Gasteiger partial charge on any atom is -0.376 e. The van der Waals surface area contributed by atoms with Gasteiger partial charge in [-0.3, -0.25) is 9.59 Å². The third-order valence-corrected chi connectivity index (χ3v) is 5.25. The van der Waals surface area contributed by atoms with Crippen LogP contribution in [0.4, 0.5) is 0 Å². The van der Waals surface area contributed by atoms with E-state index in [2.05, 4.69) is 5.32 Å². The summed E-state index contributed by atoms with van der Waals surface area (Å²) in [6, 6.07) is 17.6. The van der Waals surface area contributed by atoms with Gasteiger partial charge in [0.15, 0.2) is 0 Å². The summed E-state index contributed by atoms with van der Waals surface area (Å²) in [5, 5.41) is 2.94. The van der Waals surface area contributed by atoms with Gasteiger partial charge in [-0.15, -0.1) is 0 Å². The molecule has 5 heteroatoms. The average Bonchev–Trinajstić information content (AvgIpc) is 3.21. The standard InChI is InChI=1S/C24H30N2O3/c1-18-10-12-21(13-11-18)23(25-19(2)27)15-24(28)26(17-22-9-6-14-29-22)16-20-7-4-3-5-8-20/h3-5,7-8,10-13,22-23H,6,9,14-17H2,1-2H3,(H,25,27). The number of hydrogen-bond acceptors (Lipinski definition) is 3. The van der Waals surface area contributed by atoms with E-state index in [4.69, 9.17) is 4.74 Å². The third kappa shape index (κ3) is 6.43. The predicted molar refractivity (Wildman–Crippen MR) is 113 cm³/mol. The lowest BCUT2D eigenvalue weighted by molar-refractivity contribution is -0.134. The van der Waals surface area contributed by atoms with E-state index in [1.807, 2.05) is 66.4 Å². The lowest BCUT2D eigenvalue weighted by atomic mass is 10.0. The molecular weight excluding hydrogens is 364 g/mol. The smallest absolute Gasteiger partial charge is 0.225 e. The fraction of sp³-hybridized carbons (Fsp3) is 0.417. The molecule has 1 saturated heterocycles. The maximum Gasteiger partial charge on any atom is 0.225 e. The second-order valence-corrected chi connectivity index (χ2v) is 7.76. The number of hydrogen-bond donors (Lipinski definition) is 1. The highest BCUT2D eigenvalue weighted by Gasteiger charge is 2.25. The molecule has 1 heterocycles. The maximum absolute atomic E-state index is 13.3. The molecule has 1 aliphatic heterocycles. The monoisotopic (exact) mass is 394 g/mol. The molecule has 0 aliphatic carbocycles. The van der Waals surface area contributed by atoms with Crippen LogP contribution < -0.4 is 5.32 Å². The Bertz CT molecular complexity index is 799. The van der Waals surface area contributed by atoms with Crippen molar-refractivity contribution in [1.82, 2.24) is 10.2 Å². The molecule has 0 radical (unpaired) electrons. The number of aryl methyl sites for hydroxylation is 1. The second-order valence-electron chi connectivity index (χ2n) is 7.76. The lowest BCUT2D eigenvalue weighted by Crippen LogP contribution is -2.39. The molecule has 154 valence electrons. The van der Waals surface area contributed by atoms with Crippen LogP contribution in [0.1, 0.15) is 48.9 Å².